The summed E-state index contributed by atoms with van der Waals surface area (Å²) in [5.74, 6) is -2.05. The second-order valence-corrected chi connectivity index (χ2v) is 21.6. The Morgan fingerprint density at radius 1 is 0.390 bits per heavy atom. The minimum atomic E-state index is -1.52. The highest BCUT2D eigenvalue weighted by Gasteiger charge is 2.25. The number of nitrogens with zero attached hydrogens (tertiary/aromatic N) is 1. The Hall–Kier alpha value is -4.05. The molecule has 0 saturated heterocycles. The summed E-state index contributed by atoms with van der Waals surface area (Å²) in [7, 11) is 5.95. The van der Waals surface area contributed by atoms with Gasteiger partial charge in [-0.05, 0) is 96.3 Å². The predicted octanol–water partition coefficient (Wildman–Crippen LogP) is 18.7. The minimum Gasteiger partial charge on any atom is -0.477 e. The van der Waals surface area contributed by atoms with Crippen molar-refractivity contribution in [3.8, 4) is 0 Å². The van der Waals surface area contributed by atoms with Crippen LogP contribution in [0.3, 0.4) is 0 Å². The molecular weight excluding hydrogens is 959 g/mol. The van der Waals surface area contributed by atoms with Crippen molar-refractivity contribution in [3.63, 3.8) is 0 Å². The summed E-state index contributed by atoms with van der Waals surface area (Å²) in [6.07, 6.45) is 77.6. The highest BCUT2D eigenvalue weighted by atomic mass is 16.7. The lowest BCUT2D eigenvalue weighted by molar-refractivity contribution is -0.870. The Bertz CT molecular complexity index is 1630. The number of unbranched alkanes of at least 4 members (excludes halogenated alkanes) is 23. The van der Waals surface area contributed by atoms with Crippen LogP contribution in [0.1, 0.15) is 245 Å². The molecule has 0 fully saturated rings. The standard InChI is InChI=1S/C68H115NO8/c1-6-8-10-12-14-16-18-20-22-24-26-27-28-29-30-31-32-33-34-35-36-37-38-39-41-42-44-46-48-50-52-54-56-58-65(70)75-62-64(63-76-68(67(72)73)74-61-60-69(3,4)5)77-66(71)59-57-55-53-51-49-47-45-43-40-25-23-21-19-17-15-13-11-9-7-2/h8-11,14-17,20-23,26-27,40,43,47,49,64,68H,6-7,12-13,18-19,24-25,28-39,41-42,44-46,48,50-63H2,1-5H3/p+1/b10-8-,11-9-,16-14-,17-15-,22-20-,23-21-,27-26-,43-40-,49-47-. The van der Waals surface area contributed by atoms with Gasteiger partial charge in [0.1, 0.15) is 13.2 Å². The average Bonchev–Trinajstić information content (AvgIpc) is 3.40. The summed E-state index contributed by atoms with van der Waals surface area (Å²) >= 11 is 0. The first-order valence-corrected chi connectivity index (χ1v) is 31.1. The van der Waals surface area contributed by atoms with E-state index in [2.05, 4.69) is 123 Å². The summed E-state index contributed by atoms with van der Waals surface area (Å²) in [5, 5.41) is 9.71. The first-order chi connectivity index (χ1) is 37.6. The van der Waals surface area contributed by atoms with Crippen molar-refractivity contribution in [3.05, 3.63) is 109 Å². The first kappa shape index (κ1) is 73.0. The first-order valence-electron chi connectivity index (χ1n) is 31.1. The van der Waals surface area contributed by atoms with Crippen molar-refractivity contribution in [2.75, 3.05) is 47.5 Å². The van der Waals surface area contributed by atoms with E-state index in [1.807, 2.05) is 21.1 Å². The van der Waals surface area contributed by atoms with E-state index in [4.69, 9.17) is 18.9 Å². The number of quaternary nitrogens is 1. The van der Waals surface area contributed by atoms with Gasteiger partial charge in [0.25, 0.3) is 6.29 Å². The van der Waals surface area contributed by atoms with E-state index in [0.29, 0.717) is 23.9 Å². The average molecular weight is 1080 g/mol. The lowest BCUT2D eigenvalue weighted by Crippen LogP contribution is -2.40. The molecule has 0 saturated carbocycles. The number of aliphatic carboxylic acids is 1. The Kier molecular flexibility index (Phi) is 55.1. The molecule has 440 valence electrons. The van der Waals surface area contributed by atoms with Crippen molar-refractivity contribution in [2.45, 2.75) is 257 Å². The van der Waals surface area contributed by atoms with Crippen molar-refractivity contribution >= 4 is 17.9 Å². The molecule has 0 aliphatic heterocycles. The molecule has 0 amide bonds. The summed E-state index contributed by atoms with van der Waals surface area (Å²) in [6.45, 7) is 4.61. The number of carbonyl (C=O) groups excluding carboxylic acids is 2. The number of hydrogen-bond donors (Lipinski definition) is 1. The molecule has 77 heavy (non-hydrogen) atoms. The highest BCUT2D eigenvalue weighted by Crippen LogP contribution is 2.16. The van der Waals surface area contributed by atoms with Gasteiger partial charge in [0, 0.05) is 12.8 Å². The van der Waals surface area contributed by atoms with Crippen LogP contribution in [0, 0.1) is 0 Å². The molecule has 0 aromatic rings. The van der Waals surface area contributed by atoms with Gasteiger partial charge in [0.05, 0.1) is 34.4 Å². The zero-order chi connectivity index (χ0) is 56.2. The number of carboxylic acid groups (broad SMARTS) is 1. The maximum atomic E-state index is 12.9. The summed E-state index contributed by atoms with van der Waals surface area (Å²) < 4.78 is 22.9. The number of allylic oxidation sites excluding steroid dienone is 18. The Morgan fingerprint density at radius 3 is 1.05 bits per heavy atom. The number of carboxylic acids is 1. The molecule has 0 spiro atoms. The maximum Gasteiger partial charge on any atom is 0.361 e. The lowest BCUT2D eigenvalue weighted by Gasteiger charge is -2.25. The summed E-state index contributed by atoms with van der Waals surface area (Å²) in [4.78, 5) is 37.5. The second-order valence-electron chi connectivity index (χ2n) is 21.6. The van der Waals surface area contributed by atoms with E-state index >= 15 is 0 Å². The zero-order valence-electron chi connectivity index (χ0n) is 50.1. The third kappa shape index (κ3) is 59.5. The maximum absolute atomic E-state index is 12.9. The van der Waals surface area contributed by atoms with E-state index in [0.717, 1.165) is 96.3 Å². The fourth-order valence-corrected chi connectivity index (χ4v) is 8.33. The molecule has 0 heterocycles. The smallest absolute Gasteiger partial charge is 0.361 e. The third-order valence-electron chi connectivity index (χ3n) is 13.0. The Balaban J connectivity index is 4.14. The minimum absolute atomic E-state index is 0.177. The van der Waals surface area contributed by atoms with Crippen LogP contribution < -0.4 is 0 Å². The largest absolute Gasteiger partial charge is 0.477 e. The van der Waals surface area contributed by atoms with E-state index in [1.165, 1.54) is 116 Å². The van der Waals surface area contributed by atoms with E-state index < -0.39 is 24.3 Å². The van der Waals surface area contributed by atoms with Gasteiger partial charge in [-0.3, -0.25) is 9.59 Å². The van der Waals surface area contributed by atoms with Crippen molar-refractivity contribution < 1.29 is 42.9 Å². The molecule has 9 nitrogen and oxygen atoms in total. The number of hydrogen-bond acceptors (Lipinski definition) is 7. The van der Waals surface area contributed by atoms with Gasteiger partial charge >= 0.3 is 17.9 Å². The van der Waals surface area contributed by atoms with Crippen molar-refractivity contribution in [2.24, 2.45) is 0 Å². The normalized spacial score (nSPS) is 13.5. The number of carbonyl (C=O) groups is 3. The molecule has 0 aliphatic carbocycles. The van der Waals surface area contributed by atoms with Crippen LogP contribution in [0.4, 0.5) is 0 Å². The Labute approximate surface area is 473 Å². The monoisotopic (exact) mass is 1070 g/mol. The molecule has 2 atom stereocenters. The van der Waals surface area contributed by atoms with Crippen LogP contribution >= 0.6 is 0 Å². The van der Waals surface area contributed by atoms with Gasteiger partial charge in [-0.1, -0.05) is 245 Å². The molecule has 0 aliphatic rings. The Morgan fingerprint density at radius 2 is 0.701 bits per heavy atom. The van der Waals surface area contributed by atoms with Crippen molar-refractivity contribution in [1.82, 2.24) is 0 Å². The fraction of sp³-hybridized carbons (Fsp3) is 0.691. The van der Waals surface area contributed by atoms with Gasteiger partial charge < -0.3 is 28.5 Å². The van der Waals surface area contributed by atoms with Gasteiger partial charge in [-0.25, -0.2) is 4.79 Å². The molecule has 0 aromatic heterocycles. The summed E-state index contributed by atoms with van der Waals surface area (Å²) in [5.41, 5.74) is 0. The number of esters is 2. The van der Waals surface area contributed by atoms with Crippen LogP contribution in [0.15, 0.2) is 109 Å². The van der Waals surface area contributed by atoms with E-state index in [9.17, 15) is 19.5 Å². The van der Waals surface area contributed by atoms with Crippen LogP contribution in [-0.4, -0.2) is 87.4 Å². The quantitative estimate of drug-likeness (QED) is 0.0211. The van der Waals surface area contributed by atoms with Crippen molar-refractivity contribution in [1.29, 1.82) is 0 Å². The van der Waals surface area contributed by atoms with Gasteiger partial charge in [0.2, 0.25) is 0 Å². The third-order valence-corrected chi connectivity index (χ3v) is 13.0. The molecule has 0 bridgehead atoms. The summed E-state index contributed by atoms with van der Waals surface area (Å²) in [6, 6.07) is 0. The molecular formula is C68H116NO8+. The van der Waals surface area contributed by atoms with E-state index in [-0.39, 0.29) is 32.2 Å². The predicted molar refractivity (Wildman–Crippen MR) is 327 cm³/mol. The zero-order valence-corrected chi connectivity index (χ0v) is 50.1. The topological polar surface area (TPSA) is 108 Å². The molecule has 9 heteroatoms. The van der Waals surface area contributed by atoms with Crippen LogP contribution in [0.5, 0.6) is 0 Å². The van der Waals surface area contributed by atoms with Crippen LogP contribution in [0.2, 0.25) is 0 Å². The van der Waals surface area contributed by atoms with Gasteiger partial charge in [-0.15, -0.1) is 0 Å². The van der Waals surface area contributed by atoms with Gasteiger partial charge in [0.15, 0.2) is 6.10 Å². The molecule has 2 unspecified atom stereocenters. The SMILES string of the molecule is CC/C=C\C/C=C\C/C=C\C/C=C\C/C=C\CCCCCC(=O)OC(COC(=O)CCCCCCCCCCCCCCCCCCCCCC/C=C\C/C=C\C/C=C\C/C=C\CC)COC(OCC[N+](C)(C)C)C(=O)O. The second kappa shape index (κ2) is 58.1. The van der Waals surface area contributed by atoms with Gasteiger partial charge in [-0.2, -0.15) is 0 Å². The number of ether oxygens (including phenoxy) is 4. The molecule has 0 aromatic carbocycles. The molecule has 0 rings (SSSR count). The highest BCUT2D eigenvalue weighted by molar-refractivity contribution is 5.71. The number of likely N-dealkylation sites (N-methyl/N-ethyl adjacent to an activating group) is 1. The molecule has 0 radical (unpaired) electrons. The van der Waals surface area contributed by atoms with Crippen LogP contribution in [-0.2, 0) is 33.3 Å². The lowest BCUT2D eigenvalue weighted by atomic mass is 10.0. The fourth-order valence-electron chi connectivity index (χ4n) is 8.33. The van der Waals surface area contributed by atoms with Crippen LogP contribution in [0.25, 0.3) is 0 Å². The molecule has 1 N–H and O–H groups in total. The number of rotatable bonds is 56. The van der Waals surface area contributed by atoms with E-state index in [1.54, 1.807) is 0 Å².